The summed E-state index contributed by atoms with van der Waals surface area (Å²) in [6.07, 6.45) is 6.21. The number of hydrogen-bond donors (Lipinski definition) is 1. The maximum atomic E-state index is 11.9. The molecule has 0 atom stereocenters. The van der Waals surface area contributed by atoms with Crippen LogP contribution in [0.1, 0.15) is 43.2 Å². The van der Waals surface area contributed by atoms with Crippen LogP contribution >= 0.6 is 0 Å². The number of aryl methyl sites for hydroxylation is 1. The molecule has 0 bridgehead atoms. The number of furan rings is 1. The lowest BCUT2D eigenvalue weighted by atomic mass is 9.69. The average molecular weight is 258 g/mol. The van der Waals surface area contributed by atoms with Crippen LogP contribution < -0.4 is 0 Å². The number of carboxylic acids is 1. The van der Waals surface area contributed by atoms with Crippen LogP contribution in [-0.4, -0.2) is 11.1 Å². The highest BCUT2D eigenvalue weighted by Crippen LogP contribution is 2.43. The molecule has 0 unspecified atom stereocenters. The minimum absolute atomic E-state index is 0.710. The Morgan fingerprint density at radius 3 is 2.68 bits per heavy atom. The van der Waals surface area contributed by atoms with E-state index in [1.54, 1.807) is 6.26 Å². The molecule has 1 fully saturated rings. The number of carbonyl (C=O) groups is 1. The molecule has 0 saturated heterocycles. The quantitative estimate of drug-likeness (QED) is 0.884. The normalized spacial score (nSPS) is 18.6. The Morgan fingerprint density at radius 1 is 1.26 bits per heavy atom. The first-order valence-electron chi connectivity index (χ1n) is 6.86. The Morgan fingerprint density at radius 2 is 2.00 bits per heavy atom. The average Bonchev–Trinajstić information content (AvgIpc) is 2.81. The molecule has 3 rings (SSSR count). The second-order valence-electron chi connectivity index (χ2n) is 5.55. The first-order valence-corrected chi connectivity index (χ1v) is 6.86. The van der Waals surface area contributed by atoms with Crippen molar-refractivity contribution in [3.05, 3.63) is 35.6 Å². The van der Waals surface area contributed by atoms with Gasteiger partial charge in [0.2, 0.25) is 0 Å². The first kappa shape index (κ1) is 12.3. The topological polar surface area (TPSA) is 50.4 Å². The number of carboxylic acid groups (broad SMARTS) is 1. The van der Waals surface area contributed by atoms with Crippen molar-refractivity contribution in [1.82, 2.24) is 0 Å². The molecule has 1 aliphatic carbocycles. The number of hydrogen-bond acceptors (Lipinski definition) is 2. The third-order valence-corrected chi connectivity index (χ3v) is 4.43. The monoisotopic (exact) mass is 258 g/mol. The summed E-state index contributed by atoms with van der Waals surface area (Å²) < 4.78 is 5.64. The zero-order valence-corrected chi connectivity index (χ0v) is 11.1. The molecule has 1 aromatic heterocycles. The Hall–Kier alpha value is -1.77. The molecular formula is C16H18O3. The van der Waals surface area contributed by atoms with E-state index >= 15 is 0 Å². The third kappa shape index (κ3) is 1.76. The van der Waals surface area contributed by atoms with E-state index in [-0.39, 0.29) is 0 Å². The zero-order valence-electron chi connectivity index (χ0n) is 11.1. The highest BCUT2D eigenvalue weighted by Gasteiger charge is 2.43. The van der Waals surface area contributed by atoms with E-state index in [9.17, 15) is 9.90 Å². The number of aliphatic carboxylic acids is 1. The molecule has 0 radical (unpaired) electrons. The molecule has 2 aromatic rings. The summed E-state index contributed by atoms with van der Waals surface area (Å²) in [7, 11) is 0. The lowest BCUT2D eigenvalue weighted by molar-refractivity contribution is -0.145. The fourth-order valence-electron chi connectivity index (χ4n) is 3.32. The van der Waals surface area contributed by atoms with Gasteiger partial charge in [0.1, 0.15) is 5.58 Å². The SMILES string of the molecule is Cc1coc2c(C3(C(=O)O)CCCCC3)cccc12. The molecule has 0 amide bonds. The van der Waals surface area contributed by atoms with E-state index in [2.05, 4.69) is 0 Å². The molecule has 3 heteroatoms. The van der Waals surface area contributed by atoms with Crippen molar-refractivity contribution in [1.29, 1.82) is 0 Å². The zero-order chi connectivity index (χ0) is 13.5. The first-order chi connectivity index (χ1) is 9.15. The summed E-state index contributed by atoms with van der Waals surface area (Å²) in [4.78, 5) is 11.9. The van der Waals surface area contributed by atoms with E-state index in [4.69, 9.17) is 4.42 Å². The van der Waals surface area contributed by atoms with E-state index < -0.39 is 11.4 Å². The maximum Gasteiger partial charge on any atom is 0.314 e. The minimum atomic E-state index is -0.762. The Balaban J connectivity index is 2.23. The van der Waals surface area contributed by atoms with Crippen molar-refractivity contribution in [2.75, 3.05) is 0 Å². The summed E-state index contributed by atoms with van der Waals surface area (Å²) in [5.74, 6) is -0.714. The Labute approximate surface area is 112 Å². The number of benzene rings is 1. The van der Waals surface area contributed by atoms with Gasteiger partial charge < -0.3 is 9.52 Å². The van der Waals surface area contributed by atoms with E-state index in [1.165, 1.54) is 0 Å². The number of rotatable bonds is 2. The van der Waals surface area contributed by atoms with Crippen LogP contribution in [0.4, 0.5) is 0 Å². The molecular weight excluding hydrogens is 240 g/mol. The lowest BCUT2D eigenvalue weighted by Crippen LogP contribution is -2.37. The van der Waals surface area contributed by atoms with Crippen LogP contribution in [0.25, 0.3) is 11.0 Å². The molecule has 3 nitrogen and oxygen atoms in total. The number of para-hydroxylation sites is 1. The third-order valence-electron chi connectivity index (χ3n) is 4.43. The van der Waals surface area contributed by atoms with E-state index in [1.807, 2.05) is 25.1 Å². The largest absolute Gasteiger partial charge is 0.481 e. The molecule has 1 heterocycles. The molecule has 19 heavy (non-hydrogen) atoms. The minimum Gasteiger partial charge on any atom is -0.481 e. The highest BCUT2D eigenvalue weighted by atomic mass is 16.4. The van der Waals surface area contributed by atoms with Crippen molar-refractivity contribution in [2.45, 2.75) is 44.4 Å². The van der Waals surface area contributed by atoms with Crippen LogP contribution in [0.2, 0.25) is 0 Å². The molecule has 100 valence electrons. The smallest absolute Gasteiger partial charge is 0.314 e. The van der Waals surface area contributed by atoms with E-state index in [0.717, 1.165) is 41.4 Å². The van der Waals surface area contributed by atoms with Gasteiger partial charge in [-0.2, -0.15) is 0 Å². The summed E-state index contributed by atoms with van der Waals surface area (Å²) >= 11 is 0. The summed E-state index contributed by atoms with van der Waals surface area (Å²) in [5, 5.41) is 10.8. The predicted molar refractivity (Wildman–Crippen MR) is 73.3 cm³/mol. The lowest BCUT2D eigenvalue weighted by Gasteiger charge is -2.33. The van der Waals surface area contributed by atoms with E-state index in [0.29, 0.717) is 12.8 Å². The predicted octanol–water partition coefficient (Wildman–Crippen LogP) is 4.03. The van der Waals surface area contributed by atoms with Crippen molar-refractivity contribution in [3.8, 4) is 0 Å². The van der Waals surface area contributed by atoms with Crippen LogP contribution in [0.5, 0.6) is 0 Å². The Kier molecular flexibility index (Phi) is 2.85. The molecule has 1 N–H and O–H groups in total. The fourth-order valence-corrected chi connectivity index (χ4v) is 3.32. The van der Waals surface area contributed by atoms with Gasteiger partial charge in [0.05, 0.1) is 11.7 Å². The van der Waals surface area contributed by atoms with Gasteiger partial charge in [-0.05, 0) is 25.3 Å². The van der Waals surface area contributed by atoms with Gasteiger partial charge in [-0.15, -0.1) is 0 Å². The Bertz CT molecular complexity index is 618. The van der Waals surface area contributed by atoms with Gasteiger partial charge in [-0.1, -0.05) is 37.5 Å². The molecule has 1 aromatic carbocycles. The van der Waals surface area contributed by atoms with Gasteiger partial charge in [0.15, 0.2) is 0 Å². The van der Waals surface area contributed by atoms with Crippen molar-refractivity contribution >= 4 is 16.9 Å². The molecule has 0 spiro atoms. The second-order valence-corrected chi connectivity index (χ2v) is 5.55. The van der Waals surface area contributed by atoms with Crippen LogP contribution in [0.15, 0.2) is 28.9 Å². The van der Waals surface area contributed by atoms with Gasteiger partial charge in [0.25, 0.3) is 0 Å². The standard InChI is InChI=1S/C16H18O3/c1-11-10-19-14-12(11)6-5-7-13(14)16(15(17)18)8-3-2-4-9-16/h5-7,10H,2-4,8-9H2,1H3,(H,17,18). The highest BCUT2D eigenvalue weighted by molar-refractivity contribution is 5.91. The number of fused-ring (bicyclic) bond motifs is 1. The van der Waals surface area contributed by atoms with Gasteiger partial charge in [-0.25, -0.2) is 0 Å². The molecule has 0 aliphatic heterocycles. The van der Waals surface area contributed by atoms with Crippen molar-refractivity contribution < 1.29 is 14.3 Å². The summed E-state index contributed by atoms with van der Waals surface area (Å²) in [6.45, 7) is 1.99. The van der Waals surface area contributed by atoms with Gasteiger partial charge in [0, 0.05) is 10.9 Å². The fraction of sp³-hybridized carbons (Fsp3) is 0.438. The van der Waals surface area contributed by atoms with Crippen molar-refractivity contribution in [2.24, 2.45) is 0 Å². The summed E-state index contributed by atoms with van der Waals surface area (Å²) in [6, 6.07) is 5.86. The van der Waals surface area contributed by atoms with Gasteiger partial charge >= 0.3 is 5.97 Å². The van der Waals surface area contributed by atoms with Crippen LogP contribution in [0.3, 0.4) is 0 Å². The molecule has 1 saturated carbocycles. The molecule has 1 aliphatic rings. The van der Waals surface area contributed by atoms with Gasteiger partial charge in [-0.3, -0.25) is 4.79 Å². The van der Waals surface area contributed by atoms with Crippen LogP contribution in [-0.2, 0) is 10.2 Å². The summed E-state index contributed by atoms with van der Waals surface area (Å²) in [5.41, 5.74) is 1.91. The second kappa shape index (κ2) is 4.41. The van der Waals surface area contributed by atoms with Crippen LogP contribution in [0, 0.1) is 6.92 Å². The maximum absolute atomic E-state index is 11.9. The van der Waals surface area contributed by atoms with Crippen molar-refractivity contribution in [3.63, 3.8) is 0 Å².